The molecule has 0 spiro atoms. The second-order valence-electron chi connectivity index (χ2n) is 5.14. The zero-order valence-electron chi connectivity index (χ0n) is 12.8. The van der Waals surface area contributed by atoms with E-state index in [1.165, 1.54) is 38.5 Å². The second kappa shape index (κ2) is 15.0. The van der Waals surface area contributed by atoms with E-state index in [0.717, 1.165) is 32.1 Å². The van der Waals surface area contributed by atoms with Crippen LogP contribution in [0.1, 0.15) is 84.5 Å². The average molecular weight is 262 g/mol. The lowest BCUT2D eigenvalue weighted by molar-refractivity contribution is -0.117. The highest BCUT2D eigenvalue weighted by atomic mass is 16.1. The first-order valence-electron chi connectivity index (χ1n) is 7.87. The monoisotopic (exact) mass is 262 g/mol. The number of ketones is 1. The Bertz CT molecular complexity index is 291. The zero-order valence-corrected chi connectivity index (χ0v) is 12.8. The summed E-state index contributed by atoms with van der Waals surface area (Å²) in [5.74, 6) is 6.73. The summed E-state index contributed by atoms with van der Waals surface area (Å²) in [4.78, 5) is 10.7. The minimum absolute atomic E-state index is 0.317. The SMILES string of the molecule is CCCCCC#CCC=CCCCCCCC(C)=O. The standard InChI is InChI=1S/C18H30O/c1-3-4-5-6-7-8-9-10-11-12-13-14-15-16-17-18(2)19/h10-11H,3-6,9,12-17H2,1-2H3. The molecule has 0 atom stereocenters. The summed E-state index contributed by atoms with van der Waals surface area (Å²) in [5, 5.41) is 0. The lowest BCUT2D eigenvalue weighted by Gasteiger charge is -1.97. The van der Waals surface area contributed by atoms with E-state index >= 15 is 0 Å². The molecule has 0 saturated heterocycles. The number of hydrogen-bond acceptors (Lipinski definition) is 1. The predicted octanol–water partition coefficient (Wildman–Crippen LogP) is 5.45. The molecule has 0 heterocycles. The highest BCUT2D eigenvalue weighted by Gasteiger charge is 1.92. The Balaban J connectivity index is 3.23. The molecule has 1 nitrogen and oxygen atoms in total. The Hall–Kier alpha value is -1.03. The van der Waals surface area contributed by atoms with Gasteiger partial charge in [-0.1, -0.05) is 50.7 Å². The van der Waals surface area contributed by atoms with E-state index in [-0.39, 0.29) is 0 Å². The first-order valence-corrected chi connectivity index (χ1v) is 7.87. The van der Waals surface area contributed by atoms with Gasteiger partial charge in [0.2, 0.25) is 0 Å². The summed E-state index contributed by atoms with van der Waals surface area (Å²) in [6, 6.07) is 0. The van der Waals surface area contributed by atoms with Crippen molar-refractivity contribution in [3.05, 3.63) is 12.2 Å². The van der Waals surface area contributed by atoms with E-state index in [1.807, 2.05) is 0 Å². The van der Waals surface area contributed by atoms with Crippen molar-refractivity contribution in [3.63, 3.8) is 0 Å². The van der Waals surface area contributed by atoms with Gasteiger partial charge in [0.05, 0.1) is 0 Å². The fourth-order valence-electron chi connectivity index (χ4n) is 1.87. The average Bonchev–Trinajstić information content (AvgIpc) is 2.39. The van der Waals surface area contributed by atoms with Gasteiger partial charge < -0.3 is 4.79 Å². The highest BCUT2D eigenvalue weighted by molar-refractivity contribution is 5.75. The van der Waals surface area contributed by atoms with E-state index in [9.17, 15) is 4.79 Å². The summed E-state index contributed by atoms with van der Waals surface area (Å²) in [6.07, 6.45) is 16.8. The predicted molar refractivity (Wildman–Crippen MR) is 84.1 cm³/mol. The first-order chi connectivity index (χ1) is 9.27. The Morgan fingerprint density at radius 1 is 0.947 bits per heavy atom. The van der Waals surface area contributed by atoms with E-state index in [4.69, 9.17) is 0 Å². The maximum atomic E-state index is 10.7. The zero-order chi connectivity index (χ0) is 14.2. The van der Waals surface area contributed by atoms with Gasteiger partial charge in [0.25, 0.3) is 0 Å². The molecule has 0 aromatic heterocycles. The van der Waals surface area contributed by atoms with Crippen LogP contribution in [0.5, 0.6) is 0 Å². The molecule has 0 aliphatic heterocycles. The maximum absolute atomic E-state index is 10.7. The van der Waals surface area contributed by atoms with Gasteiger partial charge in [0.15, 0.2) is 0 Å². The van der Waals surface area contributed by atoms with Crippen LogP contribution in [0, 0.1) is 11.8 Å². The van der Waals surface area contributed by atoms with Gasteiger partial charge in [-0.2, -0.15) is 0 Å². The Labute approximate surface area is 119 Å². The van der Waals surface area contributed by atoms with Gasteiger partial charge in [0.1, 0.15) is 5.78 Å². The van der Waals surface area contributed by atoms with Crippen LogP contribution in [0.15, 0.2) is 12.2 Å². The Kier molecular flexibility index (Phi) is 14.2. The number of carbonyl (C=O) groups excluding carboxylic acids is 1. The second-order valence-corrected chi connectivity index (χ2v) is 5.14. The molecule has 1 heteroatoms. The molecule has 0 unspecified atom stereocenters. The van der Waals surface area contributed by atoms with Crippen molar-refractivity contribution in [2.45, 2.75) is 84.5 Å². The van der Waals surface area contributed by atoms with Crippen molar-refractivity contribution in [1.82, 2.24) is 0 Å². The fraction of sp³-hybridized carbons (Fsp3) is 0.722. The van der Waals surface area contributed by atoms with E-state index in [0.29, 0.717) is 5.78 Å². The molecule has 0 aromatic carbocycles. The van der Waals surface area contributed by atoms with Gasteiger partial charge in [-0.05, 0) is 32.6 Å². The van der Waals surface area contributed by atoms with Gasteiger partial charge in [0, 0.05) is 19.3 Å². The van der Waals surface area contributed by atoms with Gasteiger partial charge in [-0.3, -0.25) is 0 Å². The molecule has 0 fully saturated rings. The topological polar surface area (TPSA) is 17.1 Å². The molecule has 0 bridgehead atoms. The third-order valence-electron chi connectivity index (χ3n) is 3.07. The number of hydrogen-bond donors (Lipinski definition) is 0. The number of carbonyl (C=O) groups is 1. The van der Waals surface area contributed by atoms with Crippen molar-refractivity contribution < 1.29 is 4.79 Å². The lowest BCUT2D eigenvalue weighted by Crippen LogP contribution is -1.88. The van der Waals surface area contributed by atoms with Crippen LogP contribution in [-0.4, -0.2) is 5.78 Å². The molecule has 0 aliphatic rings. The summed E-state index contributed by atoms with van der Waals surface area (Å²) < 4.78 is 0. The van der Waals surface area contributed by atoms with Crippen LogP contribution in [0.25, 0.3) is 0 Å². The van der Waals surface area contributed by atoms with Crippen LogP contribution in [0.3, 0.4) is 0 Å². The highest BCUT2D eigenvalue weighted by Crippen LogP contribution is 2.06. The quantitative estimate of drug-likeness (QED) is 0.275. The van der Waals surface area contributed by atoms with Crippen molar-refractivity contribution in [2.24, 2.45) is 0 Å². The number of rotatable bonds is 11. The number of Topliss-reactive ketones (excluding diaryl/α,β-unsaturated/α-hetero) is 1. The molecule has 0 saturated carbocycles. The molecule has 0 N–H and O–H groups in total. The van der Waals surface area contributed by atoms with E-state index in [1.54, 1.807) is 6.92 Å². The number of allylic oxidation sites excluding steroid dienone is 2. The third-order valence-corrected chi connectivity index (χ3v) is 3.07. The van der Waals surface area contributed by atoms with E-state index in [2.05, 4.69) is 30.9 Å². The van der Waals surface area contributed by atoms with Crippen LogP contribution in [0.2, 0.25) is 0 Å². The minimum Gasteiger partial charge on any atom is -0.300 e. The van der Waals surface area contributed by atoms with Crippen LogP contribution in [-0.2, 0) is 4.79 Å². The van der Waals surface area contributed by atoms with Crippen molar-refractivity contribution >= 4 is 5.78 Å². The fourth-order valence-corrected chi connectivity index (χ4v) is 1.87. The van der Waals surface area contributed by atoms with Gasteiger partial charge >= 0.3 is 0 Å². The number of unbranched alkanes of at least 4 members (excludes halogenated alkanes) is 7. The van der Waals surface area contributed by atoms with Gasteiger partial charge in [-0.25, -0.2) is 0 Å². The summed E-state index contributed by atoms with van der Waals surface area (Å²) in [5.41, 5.74) is 0. The van der Waals surface area contributed by atoms with Gasteiger partial charge in [-0.15, -0.1) is 5.92 Å². The molecule has 0 radical (unpaired) electrons. The van der Waals surface area contributed by atoms with Crippen molar-refractivity contribution in [3.8, 4) is 11.8 Å². The lowest BCUT2D eigenvalue weighted by atomic mass is 10.1. The molecule has 0 aromatic rings. The van der Waals surface area contributed by atoms with Crippen molar-refractivity contribution in [2.75, 3.05) is 0 Å². The Morgan fingerprint density at radius 3 is 2.47 bits per heavy atom. The molecule has 0 rings (SSSR count). The van der Waals surface area contributed by atoms with Crippen LogP contribution < -0.4 is 0 Å². The smallest absolute Gasteiger partial charge is 0.129 e. The largest absolute Gasteiger partial charge is 0.300 e. The molecule has 108 valence electrons. The Morgan fingerprint density at radius 2 is 1.74 bits per heavy atom. The molecular formula is C18H30O. The van der Waals surface area contributed by atoms with Crippen molar-refractivity contribution in [1.29, 1.82) is 0 Å². The minimum atomic E-state index is 0.317. The third kappa shape index (κ3) is 17.0. The normalized spacial score (nSPS) is 10.4. The molecule has 0 amide bonds. The summed E-state index contributed by atoms with van der Waals surface area (Å²) >= 11 is 0. The summed E-state index contributed by atoms with van der Waals surface area (Å²) in [6.45, 7) is 3.89. The van der Waals surface area contributed by atoms with Crippen LogP contribution >= 0.6 is 0 Å². The molecule has 19 heavy (non-hydrogen) atoms. The summed E-state index contributed by atoms with van der Waals surface area (Å²) in [7, 11) is 0. The maximum Gasteiger partial charge on any atom is 0.129 e. The molecular weight excluding hydrogens is 232 g/mol. The van der Waals surface area contributed by atoms with Crippen LogP contribution in [0.4, 0.5) is 0 Å². The van der Waals surface area contributed by atoms with E-state index < -0.39 is 0 Å². The first kappa shape index (κ1) is 18.0. The molecule has 0 aliphatic carbocycles.